The van der Waals surface area contributed by atoms with Crippen LogP contribution in [0.5, 0.6) is 0 Å². The van der Waals surface area contributed by atoms with Gasteiger partial charge >= 0.3 is 0 Å². The van der Waals surface area contributed by atoms with Crippen LogP contribution in [0, 0.1) is 6.92 Å². The minimum Gasteiger partial charge on any atom is -0.239 e. The van der Waals surface area contributed by atoms with E-state index < -0.39 is 10.0 Å². The van der Waals surface area contributed by atoms with Gasteiger partial charge in [-0.3, -0.25) is 0 Å². The molecule has 0 bridgehead atoms. The lowest BCUT2D eigenvalue weighted by Gasteiger charge is -2.01. The fraction of sp³-hybridized carbons (Fsp3) is 0.250. The first-order chi connectivity index (χ1) is 8.54. The molecule has 0 amide bonds. The Kier molecular flexibility index (Phi) is 3.49. The summed E-state index contributed by atoms with van der Waals surface area (Å²) in [5, 5.41) is 4.23. The topological polar surface area (TPSA) is 64.0 Å². The summed E-state index contributed by atoms with van der Waals surface area (Å²) >= 11 is 0. The Labute approximate surface area is 107 Å². The van der Waals surface area contributed by atoms with Gasteiger partial charge in [0.25, 0.3) is 0 Å². The molecule has 0 radical (unpaired) electrons. The molecular formula is C12H15N3O2S. The molecule has 1 aromatic carbocycles. The largest absolute Gasteiger partial charge is 0.243 e. The van der Waals surface area contributed by atoms with E-state index in [9.17, 15) is 8.42 Å². The van der Waals surface area contributed by atoms with Crippen LogP contribution in [0.1, 0.15) is 12.6 Å². The third-order valence-corrected chi connectivity index (χ3v) is 4.15. The van der Waals surface area contributed by atoms with Gasteiger partial charge in [0.05, 0.1) is 17.6 Å². The van der Waals surface area contributed by atoms with Gasteiger partial charge in [-0.1, -0.05) is 25.1 Å². The lowest BCUT2D eigenvalue weighted by atomic mass is 10.3. The molecule has 96 valence electrons. The van der Waals surface area contributed by atoms with E-state index in [1.54, 1.807) is 18.5 Å². The van der Waals surface area contributed by atoms with Crippen LogP contribution in [0.15, 0.2) is 41.4 Å². The van der Waals surface area contributed by atoms with Crippen LogP contribution >= 0.6 is 0 Å². The number of aryl methyl sites for hydroxylation is 1. The summed E-state index contributed by atoms with van der Waals surface area (Å²) in [6.45, 7) is 3.79. The van der Waals surface area contributed by atoms with Crippen LogP contribution in [0.3, 0.4) is 0 Å². The van der Waals surface area contributed by atoms with Gasteiger partial charge in [0.1, 0.15) is 4.90 Å². The maximum atomic E-state index is 11.9. The zero-order valence-corrected chi connectivity index (χ0v) is 11.1. The van der Waals surface area contributed by atoms with Gasteiger partial charge in [0.2, 0.25) is 10.0 Å². The van der Waals surface area contributed by atoms with E-state index in [2.05, 4.69) is 9.82 Å². The first kappa shape index (κ1) is 12.8. The van der Waals surface area contributed by atoms with Crippen molar-refractivity contribution in [2.24, 2.45) is 0 Å². The molecule has 2 rings (SSSR count). The molecule has 0 aliphatic rings. The van der Waals surface area contributed by atoms with E-state index >= 15 is 0 Å². The number of rotatable bonds is 4. The Morgan fingerprint density at radius 1 is 1.28 bits per heavy atom. The van der Waals surface area contributed by atoms with Crippen LogP contribution in [0.2, 0.25) is 0 Å². The smallest absolute Gasteiger partial charge is 0.239 e. The second-order valence-electron chi connectivity index (χ2n) is 3.86. The monoisotopic (exact) mass is 265 g/mol. The zero-order valence-electron chi connectivity index (χ0n) is 10.3. The maximum Gasteiger partial charge on any atom is 0.243 e. The van der Waals surface area contributed by atoms with E-state index in [0.29, 0.717) is 12.2 Å². The van der Waals surface area contributed by atoms with Crippen molar-refractivity contribution in [3.63, 3.8) is 0 Å². The summed E-state index contributed by atoms with van der Waals surface area (Å²) in [5.41, 5.74) is 1.32. The first-order valence-corrected chi connectivity index (χ1v) is 7.14. The van der Waals surface area contributed by atoms with Crippen LogP contribution in [0.4, 0.5) is 0 Å². The second kappa shape index (κ2) is 4.91. The SMILES string of the molecule is CCNS(=O)(=O)c1cn(-c2ccccc2)nc1C. The summed E-state index contributed by atoms with van der Waals surface area (Å²) in [6, 6.07) is 9.40. The summed E-state index contributed by atoms with van der Waals surface area (Å²) in [5.74, 6) is 0. The van der Waals surface area contributed by atoms with Crippen molar-refractivity contribution in [2.45, 2.75) is 18.7 Å². The van der Waals surface area contributed by atoms with Gasteiger partial charge in [-0.15, -0.1) is 0 Å². The van der Waals surface area contributed by atoms with Crippen LogP contribution in [-0.4, -0.2) is 24.7 Å². The van der Waals surface area contributed by atoms with Crippen molar-refractivity contribution >= 4 is 10.0 Å². The molecular weight excluding hydrogens is 250 g/mol. The van der Waals surface area contributed by atoms with Gasteiger partial charge in [0, 0.05) is 6.54 Å². The van der Waals surface area contributed by atoms with Crippen molar-refractivity contribution in [1.29, 1.82) is 0 Å². The lowest BCUT2D eigenvalue weighted by molar-refractivity contribution is 0.583. The van der Waals surface area contributed by atoms with E-state index in [1.165, 1.54) is 6.20 Å². The fourth-order valence-corrected chi connectivity index (χ4v) is 2.89. The predicted molar refractivity (Wildman–Crippen MR) is 69.2 cm³/mol. The average Bonchev–Trinajstić information content (AvgIpc) is 2.73. The van der Waals surface area contributed by atoms with E-state index in [0.717, 1.165) is 5.69 Å². The second-order valence-corrected chi connectivity index (χ2v) is 5.60. The molecule has 0 aliphatic carbocycles. The molecule has 5 nitrogen and oxygen atoms in total. The molecule has 0 saturated carbocycles. The average molecular weight is 265 g/mol. The van der Waals surface area contributed by atoms with E-state index in [-0.39, 0.29) is 4.90 Å². The fourth-order valence-electron chi connectivity index (χ4n) is 1.69. The van der Waals surface area contributed by atoms with E-state index in [4.69, 9.17) is 0 Å². The molecule has 18 heavy (non-hydrogen) atoms. The number of sulfonamides is 1. The molecule has 0 aliphatic heterocycles. The van der Waals surface area contributed by atoms with Gasteiger partial charge in [-0.2, -0.15) is 5.10 Å². The zero-order chi connectivity index (χ0) is 13.2. The molecule has 1 heterocycles. The number of nitrogens with one attached hydrogen (secondary N) is 1. The molecule has 0 fully saturated rings. The van der Waals surface area contributed by atoms with Gasteiger partial charge in [0.15, 0.2) is 0 Å². The van der Waals surface area contributed by atoms with Gasteiger partial charge in [-0.05, 0) is 19.1 Å². The third-order valence-electron chi connectivity index (χ3n) is 2.50. The highest BCUT2D eigenvalue weighted by atomic mass is 32.2. The summed E-state index contributed by atoms with van der Waals surface area (Å²) < 4.78 is 27.9. The predicted octanol–water partition coefficient (Wildman–Crippen LogP) is 1.48. The molecule has 0 saturated heterocycles. The van der Waals surface area contributed by atoms with Crippen LogP contribution in [-0.2, 0) is 10.0 Å². The minimum atomic E-state index is -3.46. The van der Waals surface area contributed by atoms with Crippen LogP contribution in [0.25, 0.3) is 5.69 Å². The third kappa shape index (κ3) is 2.44. The van der Waals surface area contributed by atoms with Crippen LogP contribution < -0.4 is 4.72 Å². The molecule has 0 spiro atoms. The molecule has 6 heteroatoms. The van der Waals surface area contributed by atoms with Crippen molar-refractivity contribution in [3.8, 4) is 5.69 Å². The molecule has 1 N–H and O–H groups in total. The Bertz CT molecular complexity index is 633. The Hall–Kier alpha value is -1.66. The summed E-state index contributed by atoms with van der Waals surface area (Å²) in [7, 11) is -3.46. The van der Waals surface area contributed by atoms with Gasteiger partial charge < -0.3 is 0 Å². The van der Waals surface area contributed by atoms with Gasteiger partial charge in [-0.25, -0.2) is 17.8 Å². The highest BCUT2D eigenvalue weighted by Crippen LogP contribution is 2.16. The Balaban J connectivity index is 2.46. The van der Waals surface area contributed by atoms with Crippen molar-refractivity contribution in [2.75, 3.05) is 6.54 Å². The summed E-state index contributed by atoms with van der Waals surface area (Å²) in [4.78, 5) is 0.216. The molecule has 0 atom stereocenters. The Morgan fingerprint density at radius 3 is 2.56 bits per heavy atom. The first-order valence-electron chi connectivity index (χ1n) is 5.66. The molecule has 0 unspecified atom stereocenters. The lowest BCUT2D eigenvalue weighted by Crippen LogP contribution is -2.23. The summed E-state index contributed by atoms with van der Waals surface area (Å²) in [6.07, 6.45) is 1.53. The number of hydrogen-bond acceptors (Lipinski definition) is 3. The standard InChI is InChI=1S/C12H15N3O2S/c1-3-13-18(16,17)12-9-15(14-10(12)2)11-7-5-4-6-8-11/h4-9,13H,3H2,1-2H3. The van der Waals surface area contributed by atoms with Crippen molar-refractivity contribution in [3.05, 3.63) is 42.2 Å². The minimum absolute atomic E-state index is 0.216. The molecule has 1 aromatic heterocycles. The normalized spacial score (nSPS) is 11.7. The number of benzene rings is 1. The van der Waals surface area contributed by atoms with E-state index in [1.807, 2.05) is 30.3 Å². The van der Waals surface area contributed by atoms with Crippen molar-refractivity contribution < 1.29 is 8.42 Å². The number of aromatic nitrogens is 2. The highest BCUT2D eigenvalue weighted by molar-refractivity contribution is 7.89. The highest BCUT2D eigenvalue weighted by Gasteiger charge is 2.19. The molecule has 2 aromatic rings. The number of para-hydroxylation sites is 1. The number of nitrogens with zero attached hydrogens (tertiary/aromatic N) is 2. The Morgan fingerprint density at radius 2 is 1.94 bits per heavy atom. The quantitative estimate of drug-likeness (QED) is 0.910. The number of hydrogen-bond donors (Lipinski definition) is 1. The maximum absolute atomic E-state index is 11.9. The van der Waals surface area contributed by atoms with Crippen molar-refractivity contribution in [1.82, 2.24) is 14.5 Å².